The molecule has 6 heteroatoms. The summed E-state index contributed by atoms with van der Waals surface area (Å²) in [4.78, 5) is 18.1. The third kappa shape index (κ3) is 4.45. The first kappa shape index (κ1) is 17.6. The van der Waals surface area contributed by atoms with Crippen LogP contribution < -0.4 is 0 Å². The Morgan fingerprint density at radius 2 is 1.64 bits per heavy atom. The lowest BCUT2D eigenvalue weighted by molar-refractivity contribution is -0.125. The zero-order valence-electron chi connectivity index (χ0n) is 14.6. The Bertz CT molecular complexity index is 778. The zero-order valence-corrected chi connectivity index (χ0v) is 15.4. The van der Waals surface area contributed by atoms with Gasteiger partial charge in [0, 0.05) is 14.1 Å². The minimum Gasteiger partial charge on any atom is -0.348 e. The number of rotatable bonds is 5. The van der Waals surface area contributed by atoms with E-state index in [0.717, 1.165) is 48.2 Å². The van der Waals surface area contributed by atoms with Crippen molar-refractivity contribution in [2.24, 2.45) is 0 Å². The molecule has 5 nitrogen and oxygen atoms in total. The fraction of sp³-hybridized carbons (Fsp3) is 0.368. The van der Waals surface area contributed by atoms with Crippen molar-refractivity contribution in [2.75, 3.05) is 19.8 Å². The number of carbonyl (C=O) groups is 1. The molecule has 0 atom stereocenters. The van der Waals surface area contributed by atoms with Gasteiger partial charge in [-0.1, -0.05) is 48.2 Å². The van der Waals surface area contributed by atoms with Gasteiger partial charge in [-0.05, 0) is 36.8 Å². The maximum Gasteiger partial charge on any atom is 0.232 e. The largest absolute Gasteiger partial charge is 0.348 e. The van der Waals surface area contributed by atoms with Crippen molar-refractivity contribution in [3.63, 3.8) is 0 Å². The minimum absolute atomic E-state index is 0.0360. The van der Waals surface area contributed by atoms with Crippen LogP contribution in [0.2, 0.25) is 0 Å². The van der Waals surface area contributed by atoms with Gasteiger partial charge in [0.1, 0.15) is 11.4 Å². The quantitative estimate of drug-likeness (QED) is 0.757. The van der Waals surface area contributed by atoms with Crippen molar-refractivity contribution in [2.45, 2.75) is 30.8 Å². The molecule has 0 fully saturated rings. The molecule has 0 spiro atoms. The molecular formula is C19H22N4OS. The van der Waals surface area contributed by atoms with Crippen molar-refractivity contribution in [1.82, 2.24) is 20.1 Å². The number of hydrogen-bond donors (Lipinski definition) is 0. The molecule has 2 aliphatic carbocycles. The Balaban J connectivity index is 1.92. The average Bonchev–Trinajstić information content (AvgIpc) is 2.67. The smallest absolute Gasteiger partial charge is 0.232 e. The third-order valence-corrected chi connectivity index (χ3v) is 4.85. The van der Waals surface area contributed by atoms with Gasteiger partial charge in [-0.2, -0.15) is 0 Å². The van der Waals surface area contributed by atoms with E-state index in [-0.39, 0.29) is 5.91 Å². The summed E-state index contributed by atoms with van der Waals surface area (Å²) in [5, 5.41) is 9.23. The Morgan fingerprint density at radius 1 is 1.00 bits per heavy atom. The number of aromatic nitrogens is 3. The lowest BCUT2D eigenvalue weighted by Gasteiger charge is -2.14. The average molecular weight is 354 g/mol. The van der Waals surface area contributed by atoms with Gasteiger partial charge < -0.3 is 4.90 Å². The molecule has 0 bridgehead atoms. The second kappa shape index (κ2) is 8.25. The Morgan fingerprint density at radius 3 is 2.20 bits per heavy atom. The van der Waals surface area contributed by atoms with E-state index in [0.29, 0.717) is 10.9 Å². The van der Waals surface area contributed by atoms with E-state index in [2.05, 4.69) is 46.7 Å². The van der Waals surface area contributed by atoms with Crippen LogP contribution in [0.3, 0.4) is 0 Å². The normalized spacial score (nSPS) is 16.4. The van der Waals surface area contributed by atoms with Crippen LogP contribution in [0.25, 0.3) is 11.1 Å². The molecule has 0 aromatic carbocycles. The molecule has 1 heterocycles. The number of nitrogens with zero attached hydrogens (tertiary/aromatic N) is 4. The molecule has 0 saturated heterocycles. The summed E-state index contributed by atoms with van der Waals surface area (Å²) in [6, 6.07) is 0. The molecule has 0 radical (unpaired) electrons. The van der Waals surface area contributed by atoms with Gasteiger partial charge in [0.25, 0.3) is 0 Å². The highest BCUT2D eigenvalue weighted by Gasteiger charge is 2.17. The molecule has 2 aliphatic rings. The van der Waals surface area contributed by atoms with Crippen molar-refractivity contribution >= 4 is 28.8 Å². The Hall–Kier alpha value is -2.21. The number of hydrogen-bond acceptors (Lipinski definition) is 5. The van der Waals surface area contributed by atoms with Crippen LogP contribution in [0, 0.1) is 0 Å². The first-order valence-corrected chi connectivity index (χ1v) is 9.45. The zero-order chi connectivity index (χ0) is 17.6. The van der Waals surface area contributed by atoms with E-state index in [4.69, 9.17) is 4.98 Å². The summed E-state index contributed by atoms with van der Waals surface area (Å²) in [5.74, 6) is 0.347. The first-order valence-electron chi connectivity index (χ1n) is 8.47. The molecule has 0 unspecified atom stereocenters. The van der Waals surface area contributed by atoms with Crippen LogP contribution >= 0.6 is 11.8 Å². The molecule has 130 valence electrons. The highest BCUT2D eigenvalue weighted by molar-refractivity contribution is 7.99. The predicted molar refractivity (Wildman–Crippen MR) is 102 cm³/mol. The van der Waals surface area contributed by atoms with Gasteiger partial charge in [0.2, 0.25) is 11.1 Å². The molecule has 1 aromatic rings. The summed E-state index contributed by atoms with van der Waals surface area (Å²) >= 11 is 1.33. The Kier molecular flexibility index (Phi) is 5.81. The van der Waals surface area contributed by atoms with Crippen molar-refractivity contribution in [1.29, 1.82) is 0 Å². The molecule has 0 N–H and O–H groups in total. The van der Waals surface area contributed by atoms with E-state index in [9.17, 15) is 4.79 Å². The summed E-state index contributed by atoms with van der Waals surface area (Å²) in [6.45, 7) is 0. The minimum atomic E-state index is 0.0360. The monoisotopic (exact) mass is 354 g/mol. The second-order valence-corrected chi connectivity index (χ2v) is 7.09. The topological polar surface area (TPSA) is 59.0 Å². The van der Waals surface area contributed by atoms with Crippen LogP contribution in [-0.4, -0.2) is 45.8 Å². The standard InChI is InChI=1S/C19H22N4OS/c1-23(2)16(24)13-25-19-20-17(14-9-5-3-6-10-14)18(21-22-19)15-11-7-4-8-12-15/h5,7,9-12H,3-4,6,8,13H2,1-2H3. The van der Waals surface area contributed by atoms with Crippen LogP contribution in [0.4, 0.5) is 0 Å². The molecule has 25 heavy (non-hydrogen) atoms. The van der Waals surface area contributed by atoms with E-state index >= 15 is 0 Å². The number of carbonyl (C=O) groups excluding carboxylic acids is 1. The van der Waals surface area contributed by atoms with E-state index in [1.807, 2.05) is 0 Å². The van der Waals surface area contributed by atoms with Crippen LogP contribution in [0.5, 0.6) is 0 Å². The van der Waals surface area contributed by atoms with Gasteiger partial charge in [0.05, 0.1) is 5.75 Å². The fourth-order valence-corrected chi connectivity index (χ4v) is 3.37. The lowest BCUT2D eigenvalue weighted by atomic mass is 9.97. The summed E-state index contributed by atoms with van der Waals surface area (Å²) in [7, 11) is 3.49. The van der Waals surface area contributed by atoms with Gasteiger partial charge in [-0.3, -0.25) is 4.79 Å². The number of allylic oxidation sites excluding steroid dienone is 8. The van der Waals surface area contributed by atoms with Gasteiger partial charge in [-0.15, -0.1) is 10.2 Å². The molecule has 0 saturated carbocycles. The number of thioether (sulfide) groups is 1. The second-order valence-electron chi connectivity index (χ2n) is 6.15. The molecule has 1 aromatic heterocycles. The summed E-state index contributed by atoms with van der Waals surface area (Å²) in [6.07, 6.45) is 17.0. The Labute approximate surface area is 152 Å². The summed E-state index contributed by atoms with van der Waals surface area (Å²) < 4.78 is 0. The first-order chi connectivity index (χ1) is 12.1. The molecule has 1 amide bonds. The van der Waals surface area contributed by atoms with Gasteiger partial charge >= 0.3 is 0 Å². The van der Waals surface area contributed by atoms with Crippen LogP contribution in [0.15, 0.2) is 41.6 Å². The highest BCUT2D eigenvalue weighted by atomic mass is 32.2. The lowest BCUT2D eigenvalue weighted by Crippen LogP contribution is -2.23. The fourth-order valence-electron chi connectivity index (χ4n) is 2.60. The maximum atomic E-state index is 11.8. The van der Waals surface area contributed by atoms with Crippen molar-refractivity contribution in [3.05, 3.63) is 47.8 Å². The SMILES string of the molecule is CN(C)C(=O)CSc1nnc(C2=CCCC=C2)c(C2=CCCC=C2)n1. The van der Waals surface area contributed by atoms with Crippen molar-refractivity contribution in [3.8, 4) is 0 Å². The molecular weight excluding hydrogens is 332 g/mol. The van der Waals surface area contributed by atoms with E-state index in [1.165, 1.54) is 11.8 Å². The predicted octanol–water partition coefficient (Wildman–Crippen LogP) is 3.52. The number of amides is 1. The van der Waals surface area contributed by atoms with E-state index < -0.39 is 0 Å². The molecule has 3 rings (SSSR count). The summed E-state index contributed by atoms with van der Waals surface area (Å²) in [5.41, 5.74) is 3.82. The third-order valence-electron chi connectivity index (χ3n) is 4.03. The maximum absolute atomic E-state index is 11.8. The van der Waals surface area contributed by atoms with Gasteiger partial charge in [-0.25, -0.2) is 4.98 Å². The van der Waals surface area contributed by atoms with Crippen molar-refractivity contribution < 1.29 is 4.79 Å². The van der Waals surface area contributed by atoms with Gasteiger partial charge in [0.15, 0.2) is 0 Å². The molecule has 0 aliphatic heterocycles. The highest BCUT2D eigenvalue weighted by Crippen LogP contribution is 2.29. The van der Waals surface area contributed by atoms with Crippen LogP contribution in [-0.2, 0) is 4.79 Å². The van der Waals surface area contributed by atoms with Crippen LogP contribution in [0.1, 0.15) is 37.1 Å². The van der Waals surface area contributed by atoms with E-state index in [1.54, 1.807) is 19.0 Å².